The minimum Gasteiger partial charge on any atom is -0.300 e. The molecule has 0 amide bonds. The van der Waals surface area contributed by atoms with Gasteiger partial charge in [-0.05, 0) is 38.3 Å². The Morgan fingerprint density at radius 1 is 1.20 bits per heavy atom. The summed E-state index contributed by atoms with van der Waals surface area (Å²) in [5.74, 6) is 0.308. The van der Waals surface area contributed by atoms with E-state index in [9.17, 15) is 13.2 Å². The lowest BCUT2D eigenvalue weighted by Gasteiger charge is -2.19. The number of benzene rings is 1. The SMILES string of the molecule is CC(=O)C[C@H](CC(C)C)NS(=O)(=O)c1ccc(C)cc1. The molecule has 4 nitrogen and oxygen atoms in total. The van der Waals surface area contributed by atoms with Gasteiger partial charge < -0.3 is 0 Å². The van der Waals surface area contributed by atoms with Crippen molar-refractivity contribution >= 4 is 15.8 Å². The topological polar surface area (TPSA) is 63.2 Å². The number of carbonyl (C=O) groups is 1. The first-order chi connectivity index (χ1) is 9.20. The van der Waals surface area contributed by atoms with Crippen molar-refractivity contribution in [3.05, 3.63) is 29.8 Å². The molecule has 1 aromatic rings. The third-order valence-corrected chi connectivity index (χ3v) is 4.48. The van der Waals surface area contributed by atoms with Crippen LogP contribution in [0.4, 0.5) is 0 Å². The first-order valence-electron chi connectivity index (χ1n) is 6.79. The second-order valence-corrected chi connectivity index (χ2v) is 7.38. The van der Waals surface area contributed by atoms with Crippen LogP contribution in [0.15, 0.2) is 29.2 Å². The Labute approximate surface area is 121 Å². The van der Waals surface area contributed by atoms with Crippen molar-refractivity contribution in [1.82, 2.24) is 4.72 Å². The highest BCUT2D eigenvalue weighted by molar-refractivity contribution is 7.89. The molecular formula is C15H23NO3S. The fourth-order valence-corrected chi connectivity index (χ4v) is 3.34. The average molecular weight is 297 g/mol. The molecule has 1 aromatic carbocycles. The molecule has 1 rings (SSSR count). The molecule has 0 fully saturated rings. The second kappa shape index (κ2) is 6.99. The lowest BCUT2D eigenvalue weighted by atomic mass is 10.0. The smallest absolute Gasteiger partial charge is 0.240 e. The van der Waals surface area contributed by atoms with Crippen molar-refractivity contribution < 1.29 is 13.2 Å². The zero-order chi connectivity index (χ0) is 15.3. The number of Topliss-reactive ketones (excluding diaryl/α,β-unsaturated/α-hetero) is 1. The molecule has 1 N–H and O–H groups in total. The Bertz CT molecular complexity index is 547. The molecule has 0 heterocycles. The number of hydrogen-bond acceptors (Lipinski definition) is 3. The molecule has 0 bridgehead atoms. The molecule has 0 aliphatic heterocycles. The lowest BCUT2D eigenvalue weighted by Crippen LogP contribution is -2.37. The van der Waals surface area contributed by atoms with E-state index < -0.39 is 10.0 Å². The molecule has 0 spiro atoms. The molecule has 112 valence electrons. The third kappa shape index (κ3) is 5.43. The lowest BCUT2D eigenvalue weighted by molar-refractivity contribution is -0.117. The van der Waals surface area contributed by atoms with Gasteiger partial charge in [-0.1, -0.05) is 31.5 Å². The van der Waals surface area contributed by atoms with Crippen molar-refractivity contribution in [3.8, 4) is 0 Å². The highest BCUT2D eigenvalue weighted by Gasteiger charge is 2.21. The zero-order valence-electron chi connectivity index (χ0n) is 12.5. The molecule has 1 atom stereocenters. The highest BCUT2D eigenvalue weighted by Crippen LogP contribution is 2.15. The van der Waals surface area contributed by atoms with E-state index >= 15 is 0 Å². The number of hydrogen-bond donors (Lipinski definition) is 1. The van der Waals surface area contributed by atoms with Gasteiger partial charge in [-0.15, -0.1) is 0 Å². The maximum atomic E-state index is 12.3. The molecule has 0 aromatic heterocycles. The van der Waals surface area contributed by atoms with Gasteiger partial charge in [0.1, 0.15) is 5.78 Å². The van der Waals surface area contributed by atoms with Crippen LogP contribution < -0.4 is 4.72 Å². The largest absolute Gasteiger partial charge is 0.300 e. The van der Waals surface area contributed by atoms with Crippen LogP contribution in [0.5, 0.6) is 0 Å². The standard InChI is InChI=1S/C15H23NO3S/c1-11(2)9-14(10-13(4)17)16-20(18,19)15-7-5-12(3)6-8-15/h5-8,11,14,16H,9-10H2,1-4H3/t14-/m0/s1. The summed E-state index contributed by atoms with van der Waals surface area (Å²) in [6.07, 6.45) is 0.869. The predicted octanol–water partition coefficient (Wildman–Crippen LogP) is 2.67. The highest BCUT2D eigenvalue weighted by atomic mass is 32.2. The Hall–Kier alpha value is -1.20. The quantitative estimate of drug-likeness (QED) is 0.841. The summed E-state index contributed by atoms with van der Waals surface area (Å²) in [6, 6.07) is 6.34. The summed E-state index contributed by atoms with van der Waals surface area (Å²) in [5, 5.41) is 0. The Kier molecular flexibility index (Phi) is 5.89. The Balaban J connectivity index is 2.90. The van der Waals surface area contributed by atoms with E-state index in [2.05, 4.69) is 4.72 Å². The van der Waals surface area contributed by atoms with Gasteiger partial charge in [0.15, 0.2) is 0 Å². The molecule has 0 radical (unpaired) electrons. The summed E-state index contributed by atoms with van der Waals surface area (Å²) in [6.45, 7) is 7.40. The molecule has 0 aliphatic carbocycles. The van der Waals surface area contributed by atoms with Crippen LogP contribution in [0.1, 0.15) is 39.2 Å². The van der Waals surface area contributed by atoms with Crippen molar-refractivity contribution in [3.63, 3.8) is 0 Å². The molecule has 0 unspecified atom stereocenters. The summed E-state index contributed by atoms with van der Waals surface area (Å²) in [7, 11) is -3.57. The minimum absolute atomic E-state index is 0.0118. The van der Waals surface area contributed by atoms with Gasteiger partial charge in [0, 0.05) is 12.5 Å². The van der Waals surface area contributed by atoms with Crippen LogP contribution in [0.25, 0.3) is 0 Å². The number of rotatable bonds is 7. The van der Waals surface area contributed by atoms with Gasteiger partial charge in [-0.2, -0.15) is 0 Å². The Morgan fingerprint density at radius 2 is 1.75 bits per heavy atom. The maximum absolute atomic E-state index is 12.3. The summed E-state index contributed by atoms with van der Waals surface area (Å²) >= 11 is 0. The fraction of sp³-hybridized carbons (Fsp3) is 0.533. The number of carbonyl (C=O) groups excluding carboxylic acids is 1. The normalized spacial score (nSPS) is 13.4. The van der Waals surface area contributed by atoms with E-state index in [4.69, 9.17) is 0 Å². The summed E-state index contributed by atoms with van der Waals surface area (Å²) in [4.78, 5) is 11.5. The van der Waals surface area contributed by atoms with E-state index in [1.807, 2.05) is 20.8 Å². The third-order valence-electron chi connectivity index (χ3n) is 2.94. The number of nitrogens with one attached hydrogen (secondary N) is 1. The van der Waals surface area contributed by atoms with Gasteiger partial charge in [-0.3, -0.25) is 4.79 Å². The van der Waals surface area contributed by atoms with Gasteiger partial charge in [0.25, 0.3) is 0 Å². The van der Waals surface area contributed by atoms with Gasteiger partial charge in [-0.25, -0.2) is 13.1 Å². The van der Waals surface area contributed by atoms with Crippen LogP contribution in [-0.4, -0.2) is 20.2 Å². The molecule has 0 saturated heterocycles. The molecule has 20 heavy (non-hydrogen) atoms. The fourth-order valence-electron chi connectivity index (χ4n) is 2.09. The number of aryl methyl sites for hydroxylation is 1. The van der Waals surface area contributed by atoms with E-state index in [-0.39, 0.29) is 23.1 Å². The molecule has 0 saturated carbocycles. The monoisotopic (exact) mass is 297 g/mol. The average Bonchev–Trinajstić information content (AvgIpc) is 2.26. The minimum atomic E-state index is -3.57. The molecule has 5 heteroatoms. The zero-order valence-corrected chi connectivity index (χ0v) is 13.3. The van der Waals surface area contributed by atoms with Gasteiger partial charge in [0.2, 0.25) is 10.0 Å². The second-order valence-electron chi connectivity index (χ2n) is 5.67. The van der Waals surface area contributed by atoms with E-state index in [0.717, 1.165) is 5.56 Å². The van der Waals surface area contributed by atoms with Gasteiger partial charge in [0.05, 0.1) is 4.90 Å². The van der Waals surface area contributed by atoms with Crippen LogP contribution in [0.2, 0.25) is 0 Å². The van der Waals surface area contributed by atoms with Crippen LogP contribution in [0, 0.1) is 12.8 Å². The van der Waals surface area contributed by atoms with Crippen LogP contribution in [-0.2, 0) is 14.8 Å². The van der Waals surface area contributed by atoms with Gasteiger partial charge >= 0.3 is 0 Å². The summed E-state index contributed by atoms with van der Waals surface area (Å²) < 4.78 is 27.2. The van der Waals surface area contributed by atoms with Crippen molar-refractivity contribution in [2.24, 2.45) is 5.92 Å². The molecular weight excluding hydrogens is 274 g/mol. The van der Waals surface area contributed by atoms with Crippen molar-refractivity contribution in [2.45, 2.75) is 51.5 Å². The van der Waals surface area contributed by atoms with E-state index in [0.29, 0.717) is 12.3 Å². The van der Waals surface area contributed by atoms with Crippen LogP contribution in [0.3, 0.4) is 0 Å². The Morgan fingerprint density at radius 3 is 2.20 bits per heavy atom. The van der Waals surface area contributed by atoms with Crippen molar-refractivity contribution in [2.75, 3.05) is 0 Å². The molecule has 0 aliphatic rings. The maximum Gasteiger partial charge on any atom is 0.240 e. The number of sulfonamides is 1. The predicted molar refractivity (Wildman–Crippen MR) is 80.0 cm³/mol. The number of ketones is 1. The van der Waals surface area contributed by atoms with Crippen molar-refractivity contribution in [1.29, 1.82) is 0 Å². The van der Waals surface area contributed by atoms with E-state index in [1.54, 1.807) is 24.3 Å². The first kappa shape index (κ1) is 16.9. The van der Waals surface area contributed by atoms with E-state index in [1.165, 1.54) is 6.92 Å². The summed E-state index contributed by atoms with van der Waals surface area (Å²) in [5.41, 5.74) is 1.01. The first-order valence-corrected chi connectivity index (χ1v) is 8.27. The van der Waals surface area contributed by atoms with Crippen LogP contribution >= 0.6 is 0 Å².